The topological polar surface area (TPSA) is 34.1 Å². The van der Waals surface area contributed by atoms with Gasteiger partial charge in [0.25, 0.3) is 0 Å². The Morgan fingerprint density at radius 2 is 1.86 bits per heavy atom. The van der Waals surface area contributed by atoms with Crippen molar-refractivity contribution in [2.45, 2.75) is 4.90 Å². The molecule has 0 bridgehead atoms. The maximum absolute atomic E-state index is 11.6. The van der Waals surface area contributed by atoms with Crippen LogP contribution in [0.15, 0.2) is 60.0 Å². The molecule has 0 amide bonds. The van der Waals surface area contributed by atoms with E-state index in [1.54, 1.807) is 48.6 Å². The molecule has 0 N–H and O–H groups in total. The molecule has 1 aromatic rings. The van der Waals surface area contributed by atoms with Crippen LogP contribution in [0, 0.1) is 0 Å². The fourth-order valence-corrected chi connectivity index (χ4v) is 2.13. The second-order valence-corrected chi connectivity index (χ2v) is 4.79. The average molecular weight is 208 g/mol. The molecule has 0 aliphatic rings. The Bertz CT molecular complexity index is 416. The predicted molar refractivity (Wildman–Crippen MR) is 57.8 cm³/mol. The second kappa shape index (κ2) is 4.77. The van der Waals surface area contributed by atoms with Crippen molar-refractivity contribution in [3.8, 4) is 0 Å². The van der Waals surface area contributed by atoms with Crippen LogP contribution in [0.25, 0.3) is 0 Å². The zero-order chi connectivity index (χ0) is 10.4. The van der Waals surface area contributed by atoms with Crippen molar-refractivity contribution in [2.75, 3.05) is 5.75 Å². The van der Waals surface area contributed by atoms with Gasteiger partial charge in [0.2, 0.25) is 0 Å². The standard InChI is InChI=1S/C11H12O2S/c1-2-3-7-10-14(12,13)11-8-5-4-6-9-11/h2-9H,1,10H2. The molecule has 74 valence electrons. The van der Waals surface area contributed by atoms with Crippen molar-refractivity contribution in [1.29, 1.82) is 0 Å². The summed E-state index contributed by atoms with van der Waals surface area (Å²) in [6.07, 6.45) is 4.76. The van der Waals surface area contributed by atoms with Gasteiger partial charge in [-0.1, -0.05) is 43.0 Å². The number of benzene rings is 1. The first-order valence-electron chi connectivity index (χ1n) is 4.22. The molecule has 0 spiro atoms. The Morgan fingerprint density at radius 1 is 1.21 bits per heavy atom. The van der Waals surface area contributed by atoms with Crippen LogP contribution in [0.3, 0.4) is 0 Å². The summed E-state index contributed by atoms with van der Waals surface area (Å²) in [4.78, 5) is 0.355. The Labute approximate surface area is 84.5 Å². The predicted octanol–water partition coefficient (Wildman–Crippen LogP) is 2.20. The SMILES string of the molecule is C=CC=CCS(=O)(=O)c1ccccc1. The maximum Gasteiger partial charge on any atom is 0.181 e. The smallest absolute Gasteiger partial charge is 0.181 e. The number of hydrogen-bond acceptors (Lipinski definition) is 2. The highest BCUT2D eigenvalue weighted by molar-refractivity contribution is 7.91. The van der Waals surface area contributed by atoms with E-state index in [-0.39, 0.29) is 5.75 Å². The van der Waals surface area contributed by atoms with Gasteiger partial charge in [-0.2, -0.15) is 0 Å². The van der Waals surface area contributed by atoms with Gasteiger partial charge in [0.05, 0.1) is 10.6 Å². The summed E-state index contributed by atoms with van der Waals surface area (Å²) in [5, 5.41) is 0. The third-order valence-corrected chi connectivity index (χ3v) is 3.31. The largest absolute Gasteiger partial charge is 0.223 e. The molecule has 0 aliphatic heterocycles. The first kappa shape index (κ1) is 10.7. The summed E-state index contributed by atoms with van der Waals surface area (Å²) < 4.78 is 23.2. The van der Waals surface area contributed by atoms with E-state index in [0.29, 0.717) is 4.90 Å². The van der Waals surface area contributed by atoms with Crippen LogP contribution in [-0.2, 0) is 9.84 Å². The first-order valence-corrected chi connectivity index (χ1v) is 5.87. The summed E-state index contributed by atoms with van der Waals surface area (Å²) >= 11 is 0. The van der Waals surface area contributed by atoms with E-state index in [9.17, 15) is 8.42 Å². The van der Waals surface area contributed by atoms with Gasteiger partial charge < -0.3 is 0 Å². The maximum atomic E-state index is 11.6. The highest BCUT2D eigenvalue weighted by atomic mass is 32.2. The lowest BCUT2D eigenvalue weighted by molar-refractivity contribution is 0.599. The summed E-state index contributed by atoms with van der Waals surface area (Å²) in [6.45, 7) is 3.47. The Morgan fingerprint density at radius 3 is 2.43 bits per heavy atom. The third kappa shape index (κ3) is 2.85. The van der Waals surface area contributed by atoms with E-state index >= 15 is 0 Å². The third-order valence-electron chi connectivity index (χ3n) is 1.69. The van der Waals surface area contributed by atoms with Crippen LogP contribution in [0.4, 0.5) is 0 Å². The van der Waals surface area contributed by atoms with E-state index in [4.69, 9.17) is 0 Å². The molecular formula is C11H12O2S. The molecule has 0 fully saturated rings. The van der Waals surface area contributed by atoms with Crippen molar-refractivity contribution in [2.24, 2.45) is 0 Å². The molecule has 0 atom stereocenters. The van der Waals surface area contributed by atoms with Crippen molar-refractivity contribution in [3.05, 3.63) is 55.1 Å². The minimum absolute atomic E-state index is 0.0169. The highest BCUT2D eigenvalue weighted by Crippen LogP contribution is 2.09. The summed E-state index contributed by atoms with van der Waals surface area (Å²) in [5.41, 5.74) is 0. The summed E-state index contributed by atoms with van der Waals surface area (Å²) in [5.74, 6) is 0.0169. The molecule has 0 saturated carbocycles. The number of allylic oxidation sites excluding steroid dienone is 2. The lowest BCUT2D eigenvalue weighted by Crippen LogP contribution is -2.03. The Hall–Kier alpha value is -1.35. The van der Waals surface area contributed by atoms with Crippen molar-refractivity contribution < 1.29 is 8.42 Å². The van der Waals surface area contributed by atoms with Crippen molar-refractivity contribution in [1.82, 2.24) is 0 Å². The van der Waals surface area contributed by atoms with E-state index in [1.807, 2.05) is 0 Å². The van der Waals surface area contributed by atoms with Gasteiger partial charge >= 0.3 is 0 Å². The summed E-state index contributed by atoms with van der Waals surface area (Å²) in [6, 6.07) is 8.40. The normalized spacial score (nSPS) is 11.7. The van der Waals surface area contributed by atoms with Crippen LogP contribution in [0.2, 0.25) is 0 Å². The molecular weight excluding hydrogens is 196 g/mol. The van der Waals surface area contributed by atoms with Gasteiger partial charge in [-0.3, -0.25) is 0 Å². The molecule has 0 aromatic heterocycles. The van der Waals surface area contributed by atoms with Crippen LogP contribution < -0.4 is 0 Å². The van der Waals surface area contributed by atoms with Crippen LogP contribution in [-0.4, -0.2) is 14.2 Å². The Balaban J connectivity index is 2.87. The van der Waals surface area contributed by atoms with Crippen LogP contribution >= 0.6 is 0 Å². The average Bonchev–Trinajstić information content (AvgIpc) is 2.19. The quantitative estimate of drug-likeness (QED) is 0.711. The van der Waals surface area contributed by atoms with Gasteiger partial charge in [0, 0.05) is 0 Å². The highest BCUT2D eigenvalue weighted by Gasteiger charge is 2.10. The van der Waals surface area contributed by atoms with E-state index in [0.717, 1.165) is 0 Å². The minimum atomic E-state index is -3.17. The molecule has 0 heterocycles. The fraction of sp³-hybridized carbons (Fsp3) is 0.0909. The molecule has 1 rings (SSSR count). The zero-order valence-corrected chi connectivity index (χ0v) is 8.57. The van der Waals surface area contributed by atoms with E-state index < -0.39 is 9.84 Å². The molecule has 0 saturated heterocycles. The van der Waals surface area contributed by atoms with Crippen molar-refractivity contribution >= 4 is 9.84 Å². The van der Waals surface area contributed by atoms with Gasteiger partial charge in [-0.15, -0.1) is 0 Å². The van der Waals surface area contributed by atoms with Crippen LogP contribution in [0.1, 0.15) is 0 Å². The zero-order valence-electron chi connectivity index (χ0n) is 7.76. The lowest BCUT2D eigenvalue weighted by atomic mass is 10.4. The molecule has 0 unspecified atom stereocenters. The molecule has 2 nitrogen and oxygen atoms in total. The van der Waals surface area contributed by atoms with Crippen molar-refractivity contribution in [3.63, 3.8) is 0 Å². The van der Waals surface area contributed by atoms with E-state index in [2.05, 4.69) is 6.58 Å². The van der Waals surface area contributed by atoms with Gasteiger partial charge in [-0.25, -0.2) is 8.42 Å². The molecule has 0 radical (unpaired) electrons. The van der Waals surface area contributed by atoms with Crippen LogP contribution in [0.5, 0.6) is 0 Å². The lowest BCUT2D eigenvalue weighted by Gasteiger charge is -1.99. The first-order chi connectivity index (χ1) is 6.67. The molecule has 0 aliphatic carbocycles. The van der Waals surface area contributed by atoms with Gasteiger partial charge in [0.1, 0.15) is 0 Å². The monoisotopic (exact) mass is 208 g/mol. The fourth-order valence-electron chi connectivity index (χ4n) is 1.00. The number of hydrogen-bond donors (Lipinski definition) is 0. The second-order valence-electron chi connectivity index (χ2n) is 2.76. The number of rotatable bonds is 4. The van der Waals surface area contributed by atoms with Gasteiger partial charge in [0.15, 0.2) is 9.84 Å². The number of sulfone groups is 1. The summed E-state index contributed by atoms with van der Waals surface area (Å²) in [7, 11) is -3.17. The minimum Gasteiger partial charge on any atom is -0.223 e. The Kier molecular flexibility index (Phi) is 3.65. The van der Waals surface area contributed by atoms with E-state index in [1.165, 1.54) is 0 Å². The molecule has 1 aromatic carbocycles. The molecule has 3 heteroatoms. The van der Waals surface area contributed by atoms with Gasteiger partial charge in [-0.05, 0) is 12.1 Å². The molecule has 14 heavy (non-hydrogen) atoms.